The number of nitrogens with two attached hydrogens (primary N) is 1. The van der Waals surface area contributed by atoms with Crippen molar-refractivity contribution in [2.24, 2.45) is 5.73 Å². The SMILES string of the molecule is NC1C=C(c2cscn2)CCC1. The lowest BCUT2D eigenvalue weighted by molar-refractivity contribution is 0.653. The molecule has 2 N–H and O–H groups in total. The molecule has 0 aliphatic heterocycles. The summed E-state index contributed by atoms with van der Waals surface area (Å²) in [5.41, 5.74) is 10.2. The number of allylic oxidation sites excluding steroid dienone is 1. The van der Waals surface area contributed by atoms with Crippen molar-refractivity contribution in [1.29, 1.82) is 0 Å². The maximum atomic E-state index is 5.83. The molecule has 1 aliphatic carbocycles. The third-order valence-corrected chi connectivity index (χ3v) is 2.75. The molecule has 0 fully saturated rings. The Hall–Kier alpha value is -0.670. The van der Waals surface area contributed by atoms with Gasteiger partial charge in [-0.25, -0.2) is 4.98 Å². The fourth-order valence-electron chi connectivity index (χ4n) is 1.54. The van der Waals surface area contributed by atoms with Crippen molar-refractivity contribution in [1.82, 2.24) is 4.98 Å². The topological polar surface area (TPSA) is 38.9 Å². The average molecular weight is 180 g/mol. The Morgan fingerprint density at radius 3 is 3.17 bits per heavy atom. The largest absolute Gasteiger partial charge is 0.324 e. The predicted octanol–water partition coefficient (Wildman–Crippen LogP) is 2.04. The van der Waals surface area contributed by atoms with Crippen LogP contribution in [0.25, 0.3) is 5.57 Å². The summed E-state index contributed by atoms with van der Waals surface area (Å²) < 4.78 is 0. The van der Waals surface area contributed by atoms with Crippen molar-refractivity contribution < 1.29 is 0 Å². The van der Waals surface area contributed by atoms with Gasteiger partial charge in [-0.3, -0.25) is 0 Å². The zero-order valence-corrected chi connectivity index (χ0v) is 7.68. The average Bonchev–Trinajstić information content (AvgIpc) is 2.56. The van der Waals surface area contributed by atoms with Crippen LogP contribution >= 0.6 is 11.3 Å². The van der Waals surface area contributed by atoms with Crippen LogP contribution in [-0.4, -0.2) is 11.0 Å². The Morgan fingerprint density at radius 1 is 1.58 bits per heavy atom. The number of nitrogens with zero attached hydrogens (tertiary/aromatic N) is 1. The molecule has 0 aromatic carbocycles. The fraction of sp³-hybridized carbons (Fsp3) is 0.444. The number of hydrogen-bond acceptors (Lipinski definition) is 3. The summed E-state index contributed by atoms with van der Waals surface area (Å²) in [4.78, 5) is 4.27. The molecule has 2 nitrogen and oxygen atoms in total. The van der Waals surface area contributed by atoms with Gasteiger partial charge in [-0.1, -0.05) is 6.08 Å². The van der Waals surface area contributed by atoms with Crippen LogP contribution in [0.4, 0.5) is 0 Å². The Morgan fingerprint density at radius 2 is 2.50 bits per heavy atom. The summed E-state index contributed by atoms with van der Waals surface area (Å²) in [6, 6.07) is 0.246. The molecular weight excluding hydrogens is 168 g/mol. The zero-order chi connectivity index (χ0) is 8.39. The summed E-state index contributed by atoms with van der Waals surface area (Å²) in [6.45, 7) is 0. The summed E-state index contributed by atoms with van der Waals surface area (Å²) in [5, 5.41) is 2.09. The van der Waals surface area contributed by atoms with E-state index in [9.17, 15) is 0 Å². The van der Waals surface area contributed by atoms with E-state index in [4.69, 9.17) is 5.73 Å². The van der Waals surface area contributed by atoms with Crippen molar-refractivity contribution in [2.75, 3.05) is 0 Å². The lowest BCUT2D eigenvalue weighted by Gasteiger charge is -2.15. The molecule has 1 heterocycles. The van der Waals surface area contributed by atoms with Gasteiger partial charge in [-0.05, 0) is 24.8 Å². The molecule has 64 valence electrons. The number of rotatable bonds is 1. The quantitative estimate of drug-likeness (QED) is 0.718. The third-order valence-electron chi connectivity index (χ3n) is 2.16. The van der Waals surface area contributed by atoms with Crippen LogP contribution in [0.15, 0.2) is 17.0 Å². The number of hydrogen-bond donors (Lipinski definition) is 1. The van der Waals surface area contributed by atoms with Gasteiger partial charge in [0.2, 0.25) is 0 Å². The van der Waals surface area contributed by atoms with E-state index in [1.807, 2.05) is 5.51 Å². The molecule has 0 bridgehead atoms. The predicted molar refractivity (Wildman–Crippen MR) is 51.9 cm³/mol. The van der Waals surface area contributed by atoms with Gasteiger partial charge < -0.3 is 5.73 Å². The first kappa shape index (κ1) is 7.95. The van der Waals surface area contributed by atoms with Crippen molar-refractivity contribution in [3.8, 4) is 0 Å². The third kappa shape index (κ3) is 1.57. The summed E-state index contributed by atoms with van der Waals surface area (Å²) in [7, 11) is 0. The van der Waals surface area contributed by atoms with Crippen molar-refractivity contribution >= 4 is 16.9 Å². The highest BCUT2D eigenvalue weighted by Crippen LogP contribution is 2.25. The second kappa shape index (κ2) is 3.37. The summed E-state index contributed by atoms with van der Waals surface area (Å²) >= 11 is 1.64. The van der Waals surface area contributed by atoms with E-state index < -0.39 is 0 Å². The molecule has 1 aromatic rings. The minimum Gasteiger partial charge on any atom is -0.324 e. The zero-order valence-electron chi connectivity index (χ0n) is 6.86. The lowest BCUT2D eigenvalue weighted by atomic mass is 9.95. The molecule has 1 atom stereocenters. The Kier molecular flexibility index (Phi) is 2.23. The Bertz CT molecular complexity index is 277. The van der Waals surface area contributed by atoms with Gasteiger partial charge in [0.1, 0.15) is 0 Å². The fourth-order valence-corrected chi connectivity index (χ4v) is 2.11. The summed E-state index contributed by atoms with van der Waals surface area (Å²) in [6.07, 6.45) is 5.61. The van der Waals surface area contributed by atoms with Crippen molar-refractivity contribution in [3.63, 3.8) is 0 Å². The smallest absolute Gasteiger partial charge is 0.0798 e. The van der Waals surface area contributed by atoms with Gasteiger partial charge in [-0.15, -0.1) is 11.3 Å². The van der Waals surface area contributed by atoms with Crippen LogP contribution in [0.2, 0.25) is 0 Å². The molecule has 1 unspecified atom stereocenters. The van der Waals surface area contributed by atoms with Gasteiger partial charge in [0.15, 0.2) is 0 Å². The van der Waals surface area contributed by atoms with Gasteiger partial charge in [0.25, 0.3) is 0 Å². The minimum absolute atomic E-state index is 0.246. The minimum atomic E-state index is 0.246. The first-order valence-electron chi connectivity index (χ1n) is 4.21. The van der Waals surface area contributed by atoms with E-state index in [0.717, 1.165) is 18.5 Å². The van der Waals surface area contributed by atoms with E-state index in [1.165, 1.54) is 12.0 Å². The van der Waals surface area contributed by atoms with Crippen LogP contribution in [0.3, 0.4) is 0 Å². The van der Waals surface area contributed by atoms with Crippen LogP contribution in [-0.2, 0) is 0 Å². The highest BCUT2D eigenvalue weighted by atomic mass is 32.1. The van der Waals surface area contributed by atoms with Crippen LogP contribution < -0.4 is 5.73 Å². The summed E-state index contributed by atoms with van der Waals surface area (Å²) in [5.74, 6) is 0. The maximum absolute atomic E-state index is 5.83. The van der Waals surface area contributed by atoms with E-state index in [1.54, 1.807) is 11.3 Å². The molecule has 12 heavy (non-hydrogen) atoms. The van der Waals surface area contributed by atoms with Crippen LogP contribution in [0.5, 0.6) is 0 Å². The van der Waals surface area contributed by atoms with Crippen LogP contribution in [0.1, 0.15) is 25.0 Å². The highest BCUT2D eigenvalue weighted by molar-refractivity contribution is 7.07. The van der Waals surface area contributed by atoms with Crippen molar-refractivity contribution in [2.45, 2.75) is 25.3 Å². The molecule has 0 spiro atoms. The second-order valence-corrected chi connectivity index (χ2v) is 3.84. The standard InChI is InChI=1S/C9H12N2S/c10-8-3-1-2-7(4-8)9-5-12-6-11-9/h4-6,8H,1-3,10H2. The molecule has 0 saturated heterocycles. The molecule has 0 radical (unpaired) electrons. The number of aromatic nitrogens is 1. The monoisotopic (exact) mass is 180 g/mol. The molecule has 2 rings (SSSR count). The molecular formula is C9H12N2S. The molecule has 1 aromatic heterocycles. The van der Waals surface area contributed by atoms with E-state index >= 15 is 0 Å². The maximum Gasteiger partial charge on any atom is 0.0798 e. The molecule has 1 aliphatic rings. The Balaban J connectivity index is 2.23. The lowest BCUT2D eigenvalue weighted by Crippen LogP contribution is -2.20. The van der Waals surface area contributed by atoms with Gasteiger partial charge in [-0.2, -0.15) is 0 Å². The van der Waals surface area contributed by atoms with E-state index in [2.05, 4.69) is 16.4 Å². The molecule has 3 heteroatoms. The first-order valence-corrected chi connectivity index (χ1v) is 5.15. The van der Waals surface area contributed by atoms with Gasteiger partial charge >= 0.3 is 0 Å². The van der Waals surface area contributed by atoms with Gasteiger partial charge in [0.05, 0.1) is 11.2 Å². The first-order chi connectivity index (χ1) is 5.86. The normalized spacial score (nSPS) is 23.8. The van der Waals surface area contributed by atoms with E-state index in [0.29, 0.717) is 0 Å². The van der Waals surface area contributed by atoms with Gasteiger partial charge in [0, 0.05) is 11.4 Å². The van der Waals surface area contributed by atoms with Crippen LogP contribution in [0, 0.1) is 0 Å². The molecule has 0 amide bonds. The number of thiazole rings is 1. The van der Waals surface area contributed by atoms with Crippen molar-refractivity contribution in [3.05, 3.63) is 22.7 Å². The highest BCUT2D eigenvalue weighted by Gasteiger charge is 2.11. The Labute approximate surface area is 76.1 Å². The molecule has 0 saturated carbocycles. The van der Waals surface area contributed by atoms with E-state index in [-0.39, 0.29) is 6.04 Å². The second-order valence-electron chi connectivity index (χ2n) is 3.12.